The number of hydrogen-bond acceptors (Lipinski definition) is 4. The molecule has 1 aromatic carbocycles. The molecule has 118 valence electrons. The molecule has 3 rings (SSSR count). The van der Waals surface area contributed by atoms with Crippen molar-refractivity contribution in [3.8, 4) is 0 Å². The van der Waals surface area contributed by atoms with Crippen molar-refractivity contribution in [1.29, 1.82) is 0 Å². The Bertz CT molecular complexity index is 569. The van der Waals surface area contributed by atoms with Crippen LogP contribution in [0.1, 0.15) is 17.4 Å². The van der Waals surface area contributed by atoms with Crippen molar-refractivity contribution in [2.75, 3.05) is 32.8 Å². The maximum absolute atomic E-state index is 6.41. The van der Waals surface area contributed by atoms with Gasteiger partial charge in [-0.15, -0.1) is 0 Å². The zero-order valence-electron chi connectivity index (χ0n) is 12.5. The first kappa shape index (κ1) is 15.5. The summed E-state index contributed by atoms with van der Waals surface area (Å²) in [5.41, 5.74) is 1.16. The minimum atomic E-state index is 0.243. The molecule has 22 heavy (non-hydrogen) atoms. The van der Waals surface area contributed by atoms with E-state index in [0.29, 0.717) is 0 Å². The van der Waals surface area contributed by atoms with Crippen molar-refractivity contribution in [2.24, 2.45) is 0 Å². The standard InChI is InChI=1S/C16H21ClN4O/c17-14-4-2-1-3-13(14)15(21-7-9-22-10-8-21)11-18-12-16-19-5-6-20-16/h1-6,15,18H,7-12H2,(H,19,20). The highest BCUT2D eigenvalue weighted by Crippen LogP contribution is 2.27. The van der Waals surface area contributed by atoms with Crippen LogP contribution in [0.4, 0.5) is 0 Å². The van der Waals surface area contributed by atoms with Gasteiger partial charge in [-0.05, 0) is 11.6 Å². The molecular weight excluding hydrogens is 300 g/mol. The fraction of sp³-hybridized carbons (Fsp3) is 0.438. The molecule has 1 saturated heterocycles. The van der Waals surface area contributed by atoms with Crippen molar-refractivity contribution in [3.05, 3.63) is 53.1 Å². The quantitative estimate of drug-likeness (QED) is 0.857. The van der Waals surface area contributed by atoms with Crippen LogP contribution in [0.3, 0.4) is 0 Å². The third-order valence-corrected chi connectivity index (χ3v) is 4.28. The number of imidazole rings is 1. The van der Waals surface area contributed by atoms with Crippen LogP contribution in [-0.2, 0) is 11.3 Å². The number of nitrogens with one attached hydrogen (secondary N) is 2. The van der Waals surface area contributed by atoms with Crippen LogP contribution >= 0.6 is 11.6 Å². The average molecular weight is 321 g/mol. The summed E-state index contributed by atoms with van der Waals surface area (Å²) in [6, 6.07) is 8.32. The van der Waals surface area contributed by atoms with Gasteiger partial charge < -0.3 is 15.0 Å². The predicted molar refractivity (Wildman–Crippen MR) is 86.9 cm³/mol. The maximum Gasteiger partial charge on any atom is 0.120 e. The van der Waals surface area contributed by atoms with Gasteiger partial charge in [-0.25, -0.2) is 4.98 Å². The SMILES string of the molecule is Clc1ccccc1C(CNCc1ncc[nH]1)N1CCOCC1. The van der Waals surface area contributed by atoms with Crippen LogP contribution in [-0.4, -0.2) is 47.7 Å². The number of nitrogens with zero attached hydrogens (tertiary/aromatic N) is 2. The second-order valence-corrected chi connectivity index (χ2v) is 5.76. The van der Waals surface area contributed by atoms with Gasteiger partial charge in [0.15, 0.2) is 0 Å². The van der Waals surface area contributed by atoms with E-state index in [2.05, 4.69) is 26.3 Å². The molecule has 6 heteroatoms. The summed E-state index contributed by atoms with van der Waals surface area (Å²) in [6.45, 7) is 4.96. The molecule has 2 N–H and O–H groups in total. The Balaban J connectivity index is 1.69. The Morgan fingerprint density at radius 3 is 2.86 bits per heavy atom. The molecule has 1 aliphatic heterocycles. The van der Waals surface area contributed by atoms with E-state index in [1.807, 2.05) is 24.4 Å². The van der Waals surface area contributed by atoms with Crippen LogP contribution in [0, 0.1) is 0 Å². The van der Waals surface area contributed by atoms with Gasteiger partial charge in [0.05, 0.1) is 19.8 Å². The topological polar surface area (TPSA) is 53.2 Å². The third-order valence-electron chi connectivity index (χ3n) is 3.94. The molecular formula is C16H21ClN4O. The van der Waals surface area contributed by atoms with E-state index < -0.39 is 0 Å². The summed E-state index contributed by atoms with van der Waals surface area (Å²) in [7, 11) is 0. The van der Waals surface area contributed by atoms with Crippen molar-refractivity contribution in [3.63, 3.8) is 0 Å². The van der Waals surface area contributed by atoms with Crippen molar-refractivity contribution < 1.29 is 4.74 Å². The highest BCUT2D eigenvalue weighted by atomic mass is 35.5. The largest absolute Gasteiger partial charge is 0.379 e. The number of ether oxygens (including phenoxy) is 1. The molecule has 2 aromatic rings. The molecule has 0 amide bonds. The van der Waals surface area contributed by atoms with Gasteiger partial charge in [0, 0.05) is 43.1 Å². The fourth-order valence-corrected chi connectivity index (χ4v) is 3.05. The van der Waals surface area contributed by atoms with Crippen LogP contribution in [0.5, 0.6) is 0 Å². The first-order valence-corrected chi connectivity index (χ1v) is 7.97. The molecule has 0 aliphatic carbocycles. The Labute approximate surface area is 135 Å². The second kappa shape index (κ2) is 7.74. The number of hydrogen-bond donors (Lipinski definition) is 2. The normalized spacial score (nSPS) is 17.5. The molecule has 1 atom stereocenters. The lowest BCUT2D eigenvalue weighted by Crippen LogP contribution is -2.42. The highest BCUT2D eigenvalue weighted by Gasteiger charge is 2.23. The summed E-state index contributed by atoms with van der Waals surface area (Å²) >= 11 is 6.41. The van der Waals surface area contributed by atoms with E-state index in [1.54, 1.807) is 6.20 Å². The first-order valence-electron chi connectivity index (χ1n) is 7.60. The molecule has 1 unspecified atom stereocenters. The predicted octanol–water partition coefficient (Wildman–Crippen LogP) is 2.23. The molecule has 0 saturated carbocycles. The molecule has 0 radical (unpaired) electrons. The van der Waals surface area contributed by atoms with E-state index in [9.17, 15) is 0 Å². The molecule has 0 spiro atoms. The smallest absolute Gasteiger partial charge is 0.120 e. The van der Waals surface area contributed by atoms with Gasteiger partial charge >= 0.3 is 0 Å². The van der Waals surface area contributed by atoms with Gasteiger partial charge in [0.2, 0.25) is 0 Å². The van der Waals surface area contributed by atoms with Gasteiger partial charge in [0.25, 0.3) is 0 Å². The summed E-state index contributed by atoms with van der Waals surface area (Å²) in [5.74, 6) is 0.944. The lowest BCUT2D eigenvalue weighted by atomic mass is 10.0. The van der Waals surface area contributed by atoms with Gasteiger partial charge in [-0.1, -0.05) is 29.8 Å². The van der Waals surface area contributed by atoms with Crippen LogP contribution in [0.25, 0.3) is 0 Å². The Morgan fingerprint density at radius 1 is 1.32 bits per heavy atom. The van der Waals surface area contributed by atoms with Gasteiger partial charge in [0.1, 0.15) is 5.82 Å². The Morgan fingerprint density at radius 2 is 2.14 bits per heavy atom. The summed E-state index contributed by atoms with van der Waals surface area (Å²) in [4.78, 5) is 9.78. The summed E-state index contributed by atoms with van der Waals surface area (Å²) in [5, 5.41) is 4.29. The fourth-order valence-electron chi connectivity index (χ4n) is 2.79. The summed E-state index contributed by atoms with van der Waals surface area (Å²) in [6.07, 6.45) is 3.61. The number of rotatable bonds is 6. The molecule has 0 bridgehead atoms. The number of morpholine rings is 1. The van der Waals surface area contributed by atoms with Crippen LogP contribution < -0.4 is 5.32 Å². The van der Waals surface area contributed by atoms with E-state index in [1.165, 1.54) is 0 Å². The number of halogens is 1. The van der Waals surface area contributed by atoms with Gasteiger partial charge in [-0.2, -0.15) is 0 Å². The number of benzene rings is 1. The molecule has 5 nitrogen and oxygen atoms in total. The van der Waals surface area contributed by atoms with Gasteiger partial charge in [-0.3, -0.25) is 4.90 Å². The molecule has 2 heterocycles. The van der Waals surface area contributed by atoms with E-state index >= 15 is 0 Å². The maximum atomic E-state index is 6.41. The molecule has 1 fully saturated rings. The van der Waals surface area contributed by atoms with Crippen LogP contribution in [0.15, 0.2) is 36.7 Å². The van der Waals surface area contributed by atoms with E-state index in [-0.39, 0.29) is 6.04 Å². The highest BCUT2D eigenvalue weighted by molar-refractivity contribution is 6.31. The summed E-state index contributed by atoms with van der Waals surface area (Å²) < 4.78 is 5.47. The van der Waals surface area contributed by atoms with E-state index in [4.69, 9.17) is 16.3 Å². The lowest BCUT2D eigenvalue weighted by molar-refractivity contribution is 0.0161. The third kappa shape index (κ3) is 3.87. The number of aromatic nitrogens is 2. The monoisotopic (exact) mass is 320 g/mol. The zero-order chi connectivity index (χ0) is 15.2. The minimum Gasteiger partial charge on any atom is -0.379 e. The zero-order valence-corrected chi connectivity index (χ0v) is 13.2. The van der Waals surface area contributed by atoms with E-state index in [0.717, 1.165) is 55.8 Å². The first-order chi connectivity index (χ1) is 10.8. The second-order valence-electron chi connectivity index (χ2n) is 5.35. The lowest BCUT2D eigenvalue weighted by Gasteiger charge is -2.35. The minimum absolute atomic E-state index is 0.243. The average Bonchev–Trinajstić information content (AvgIpc) is 3.07. The molecule has 1 aromatic heterocycles. The van der Waals surface area contributed by atoms with Crippen molar-refractivity contribution in [1.82, 2.24) is 20.2 Å². The van der Waals surface area contributed by atoms with Crippen LogP contribution in [0.2, 0.25) is 5.02 Å². The Hall–Kier alpha value is -1.40. The molecule has 1 aliphatic rings. The Kier molecular flexibility index (Phi) is 5.45. The number of H-pyrrole nitrogens is 1. The number of aromatic amines is 1. The van der Waals surface area contributed by atoms with Crippen molar-refractivity contribution >= 4 is 11.6 Å². The van der Waals surface area contributed by atoms with Crippen molar-refractivity contribution in [2.45, 2.75) is 12.6 Å².